The molecule has 0 bridgehead atoms. The number of aryl methyl sites for hydroxylation is 2. The molecule has 0 aliphatic carbocycles. The van der Waals surface area contributed by atoms with Crippen molar-refractivity contribution in [3.8, 4) is 5.75 Å². The molecule has 1 atom stereocenters. The zero-order valence-corrected chi connectivity index (χ0v) is 15.0. The number of likely N-dealkylation sites (N-methyl/N-ethyl adjacent to an activating group) is 1. The van der Waals surface area contributed by atoms with Gasteiger partial charge in [0.15, 0.2) is 6.10 Å². The minimum atomic E-state index is -0.642. The highest BCUT2D eigenvalue weighted by Gasteiger charge is 2.21. The van der Waals surface area contributed by atoms with E-state index in [-0.39, 0.29) is 5.91 Å². The molecule has 4 nitrogen and oxygen atoms in total. The average molecular weight is 327 g/mol. The van der Waals surface area contributed by atoms with Crippen LogP contribution in [0.1, 0.15) is 33.9 Å². The van der Waals surface area contributed by atoms with E-state index in [1.807, 2.05) is 36.4 Å². The second-order valence-electron chi connectivity index (χ2n) is 5.90. The van der Waals surface area contributed by atoms with Gasteiger partial charge in [-0.15, -0.1) is 0 Å². The zero-order valence-electron chi connectivity index (χ0n) is 15.0. The maximum absolute atomic E-state index is 12.0. The monoisotopic (exact) mass is 327 g/mol. The number of methoxy groups -OCH3 is 1. The fourth-order valence-corrected chi connectivity index (χ4v) is 2.67. The summed E-state index contributed by atoms with van der Waals surface area (Å²) in [5.41, 5.74) is 5.45. The Bertz CT molecular complexity index is 702. The van der Waals surface area contributed by atoms with Crippen molar-refractivity contribution in [3.63, 3.8) is 0 Å². The van der Waals surface area contributed by atoms with Gasteiger partial charge in [-0.05, 0) is 60.7 Å². The number of rotatable bonds is 6. The third-order valence-corrected chi connectivity index (χ3v) is 4.35. The first kappa shape index (κ1) is 18.0. The Morgan fingerprint density at radius 2 is 1.75 bits per heavy atom. The molecule has 0 aromatic heterocycles. The molecule has 24 heavy (non-hydrogen) atoms. The van der Waals surface area contributed by atoms with Crippen LogP contribution in [0.25, 0.3) is 0 Å². The number of amides is 1. The van der Waals surface area contributed by atoms with Gasteiger partial charge < -0.3 is 14.8 Å². The smallest absolute Gasteiger partial charge is 0.253 e. The minimum Gasteiger partial charge on any atom is -0.489 e. The fraction of sp³-hybridized carbons (Fsp3) is 0.350. The molecule has 0 spiro atoms. The summed E-state index contributed by atoms with van der Waals surface area (Å²) in [6.07, 6.45) is -0.642. The molecule has 1 unspecified atom stereocenters. The van der Waals surface area contributed by atoms with Crippen LogP contribution >= 0.6 is 0 Å². The van der Waals surface area contributed by atoms with Crippen LogP contribution in [0.5, 0.6) is 5.75 Å². The van der Waals surface area contributed by atoms with Crippen molar-refractivity contribution in [2.24, 2.45) is 0 Å². The lowest BCUT2D eigenvalue weighted by Gasteiger charge is -2.18. The summed E-state index contributed by atoms with van der Waals surface area (Å²) in [7, 11) is 3.13. The van der Waals surface area contributed by atoms with Gasteiger partial charge in [0.2, 0.25) is 0 Å². The van der Waals surface area contributed by atoms with E-state index in [0.717, 1.165) is 16.9 Å². The van der Waals surface area contributed by atoms with E-state index in [4.69, 9.17) is 9.47 Å². The second kappa shape index (κ2) is 7.97. The first-order valence-electron chi connectivity index (χ1n) is 8.00. The van der Waals surface area contributed by atoms with E-state index in [1.54, 1.807) is 7.05 Å². The maximum Gasteiger partial charge on any atom is 0.253 e. The molecule has 1 amide bonds. The Labute approximate surface area is 143 Å². The highest BCUT2D eigenvalue weighted by molar-refractivity contribution is 5.82. The molecule has 0 aliphatic rings. The van der Waals surface area contributed by atoms with E-state index >= 15 is 0 Å². The van der Waals surface area contributed by atoms with Crippen LogP contribution in [-0.4, -0.2) is 20.1 Å². The first-order valence-corrected chi connectivity index (χ1v) is 8.00. The summed E-state index contributed by atoms with van der Waals surface area (Å²) in [4.78, 5) is 12.0. The lowest BCUT2D eigenvalue weighted by atomic mass is 10.0. The molecule has 0 aliphatic heterocycles. The lowest BCUT2D eigenvalue weighted by Crippen LogP contribution is -2.27. The fourth-order valence-electron chi connectivity index (χ4n) is 2.67. The van der Waals surface area contributed by atoms with Crippen LogP contribution in [0.3, 0.4) is 0 Å². The van der Waals surface area contributed by atoms with Crippen molar-refractivity contribution in [2.45, 2.75) is 33.5 Å². The molecule has 0 heterocycles. The number of hydrogen-bond acceptors (Lipinski definition) is 3. The van der Waals surface area contributed by atoms with Gasteiger partial charge in [0, 0.05) is 14.2 Å². The maximum atomic E-state index is 12.0. The summed E-state index contributed by atoms with van der Waals surface area (Å²) in [5.74, 6) is 0.659. The van der Waals surface area contributed by atoms with E-state index in [2.05, 4.69) is 26.1 Å². The Morgan fingerprint density at radius 1 is 1.12 bits per heavy atom. The van der Waals surface area contributed by atoms with Gasteiger partial charge in [-0.25, -0.2) is 0 Å². The van der Waals surface area contributed by atoms with E-state index in [0.29, 0.717) is 6.61 Å². The molecule has 2 aromatic carbocycles. The zero-order chi connectivity index (χ0) is 17.7. The predicted molar refractivity (Wildman–Crippen MR) is 95.2 cm³/mol. The van der Waals surface area contributed by atoms with Crippen molar-refractivity contribution in [1.82, 2.24) is 5.32 Å². The van der Waals surface area contributed by atoms with Crippen LogP contribution < -0.4 is 10.1 Å². The van der Waals surface area contributed by atoms with Crippen molar-refractivity contribution in [3.05, 3.63) is 64.2 Å². The van der Waals surface area contributed by atoms with Gasteiger partial charge in [-0.1, -0.05) is 24.3 Å². The summed E-state index contributed by atoms with van der Waals surface area (Å²) in [6, 6.07) is 11.8. The van der Waals surface area contributed by atoms with Gasteiger partial charge in [0.1, 0.15) is 12.4 Å². The molecule has 0 fully saturated rings. The van der Waals surface area contributed by atoms with Crippen LogP contribution in [-0.2, 0) is 16.1 Å². The lowest BCUT2D eigenvalue weighted by molar-refractivity contribution is -0.130. The number of carbonyl (C=O) groups excluding carboxylic acids is 1. The molecule has 0 saturated heterocycles. The summed E-state index contributed by atoms with van der Waals surface area (Å²) in [6.45, 7) is 6.65. The number of ether oxygens (including phenoxy) is 2. The van der Waals surface area contributed by atoms with Crippen LogP contribution in [0.15, 0.2) is 36.4 Å². The average Bonchev–Trinajstić information content (AvgIpc) is 2.59. The topological polar surface area (TPSA) is 47.6 Å². The van der Waals surface area contributed by atoms with Crippen LogP contribution in [0.2, 0.25) is 0 Å². The molecule has 1 N–H and O–H groups in total. The molecule has 2 aromatic rings. The van der Waals surface area contributed by atoms with Crippen molar-refractivity contribution < 1.29 is 14.3 Å². The summed E-state index contributed by atoms with van der Waals surface area (Å²) in [5, 5.41) is 2.63. The van der Waals surface area contributed by atoms with E-state index in [1.165, 1.54) is 23.8 Å². The quantitative estimate of drug-likeness (QED) is 0.881. The third kappa shape index (κ3) is 3.95. The summed E-state index contributed by atoms with van der Waals surface area (Å²) < 4.78 is 11.3. The van der Waals surface area contributed by atoms with Gasteiger partial charge in [-0.2, -0.15) is 0 Å². The van der Waals surface area contributed by atoms with Gasteiger partial charge in [0.05, 0.1) is 0 Å². The number of hydrogen-bond donors (Lipinski definition) is 1. The molecule has 2 rings (SSSR count). The normalized spacial score (nSPS) is 11.9. The number of carbonyl (C=O) groups is 1. The highest BCUT2D eigenvalue weighted by Crippen LogP contribution is 2.25. The number of nitrogens with one attached hydrogen (secondary N) is 1. The molecule has 128 valence electrons. The Hall–Kier alpha value is -2.33. The minimum absolute atomic E-state index is 0.174. The molecular formula is C20H25NO3. The summed E-state index contributed by atoms with van der Waals surface area (Å²) >= 11 is 0. The van der Waals surface area contributed by atoms with Crippen molar-refractivity contribution >= 4 is 5.91 Å². The largest absolute Gasteiger partial charge is 0.489 e. The molecule has 0 saturated carbocycles. The third-order valence-electron chi connectivity index (χ3n) is 4.35. The van der Waals surface area contributed by atoms with Gasteiger partial charge in [-0.3, -0.25) is 4.79 Å². The first-order chi connectivity index (χ1) is 11.5. The SMILES string of the molecule is CNC(=O)C(OC)c1ccccc1COc1cc(C)c(C)c(C)c1. The van der Waals surface area contributed by atoms with Crippen LogP contribution in [0.4, 0.5) is 0 Å². The highest BCUT2D eigenvalue weighted by atomic mass is 16.5. The van der Waals surface area contributed by atoms with Crippen molar-refractivity contribution in [1.29, 1.82) is 0 Å². The Balaban J connectivity index is 2.23. The predicted octanol–water partition coefficient (Wildman–Crippen LogP) is 3.62. The van der Waals surface area contributed by atoms with Crippen molar-refractivity contribution in [2.75, 3.05) is 14.2 Å². The number of benzene rings is 2. The Morgan fingerprint density at radius 3 is 2.33 bits per heavy atom. The van der Waals surface area contributed by atoms with Gasteiger partial charge in [0.25, 0.3) is 5.91 Å². The van der Waals surface area contributed by atoms with Crippen LogP contribution in [0, 0.1) is 20.8 Å². The Kier molecular flexibility index (Phi) is 5.99. The van der Waals surface area contributed by atoms with E-state index in [9.17, 15) is 4.79 Å². The van der Waals surface area contributed by atoms with E-state index < -0.39 is 6.10 Å². The van der Waals surface area contributed by atoms with Gasteiger partial charge >= 0.3 is 0 Å². The molecular weight excluding hydrogens is 302 g/mol. The second-order valence-corrected chi connectivity index (χ2v) is 5.90. The standard InChI is InChI=1S/C20H25NO3/c1-13-10-17(11-14(2)15(13)3)24-12-16-8-6-7-9-18(16)19(23-5)20(22)21-4/h6-11,19H,12H2,1-5H3,(H,21,22). The molecule has 4 heteroatoms. The molecule has 0 radical (unpaired) electrons.